The van der Waals surface area contributed by atoms with E-state index in [2.05, 4.69) is 35.7 Å². The molecule has 2 aromatic heterocycles. The van der Waals surface area contributed by atoms with Gasteiger partial charge in [-0.3, -0.25) is 4.57 Å². The van der Waals surface area contributed by atoms with Crippen molar-refractivity contribution in [2.45, 2.75) is 68.0 Å². The number of fused-ring (bicyclic) bond motifs is 1. The summed E-state index contributed by atoms with van der Waals surface area (Å²) >= 11 is 6.17. The molecular weight excluding hydrogens is 593 g/mol. The number of hydroxylamine groups is 1. The van der Waals surface area contributed by atoms with Crippen molar-refractivity contribution in [1.29, 1.82) is 0 Å². The number of amidine groups is 1. The number of nitrogens with one attached hydrogen (secondary N) is 2. The van der Waals surface area contributed by atoms with E-state index >= 15 is 0 Å². The van der Waals surface area contributed by atoms with Gasteiger partial charge in [0.05, 0.1) is 31.4 Å². The van der Waals surface area contributed by atoms with Crippen LogP contribution in [0.15, 0.2) is 11.2 Å². The van der Waals surface area contributed by atoms with Gasteiger partial charge >= 0.3 is 7.60 Å². The Morgan fingerprint density at radius 1 is 1.22 bits per heavy atom. The molecule has 2 aromatic rings. The number of halogens is 1. The second kappa shape index (κ2) is 12.3. The highest BCUT2D eigenvalue weighted by atomic mass is 35.5. The van der Waals surface area contributed by atoms with Gasteiger partial charge < -0.3 is 49.7 Å². The van der Waals surface area contributed by atoms with E-state index in [1.54, 1.807) is 0 Å². The molecule has 1 saturated carbocycles. The van der Waals surface area contributed by atoms with Crippen molar-refractivity contribution < 1.29 is 53.8 Å². The van der Waals surface area contributed by atoms with Gasteiger partial charge in [0, 0.05) is 6.04 Å². The van der Waals surface area contributed by atoms with Crippen molar-refractivity contribution in [2.24, 2.45) is 4.99 Å². The molecule has 5 rings (SSSR count). The minimum Gasteiger partial charge on any atom is -0.393 e. The highest BCUT2D eigenvalue weighted by Gasteiger charge is 2.51. The van der Waals surface area contributed by atoms with Gasteiger partial charge in [0.1, 0.15) is 30.7 Å². The second-order valence-corrected chi connectivity index (χ2v) is 12.2. The minimum atomic E-state index is -5.19. The van der Waals surface area contributed by atoms with E-state index in [9.17, 15) is 34.8 Å². The second-order valence-electron chi connectivity index (χ2n) is 9.91. The molecule has 1 saturated heterocycles. The number of anilines is 1. The van der Waals surface area contributed by atoms with Gasteiger partial charge in [0.25, 0.3) is 6.41 Å². The van der Waals surface area contributed by atoms with Crippen molar-refractivity contribution in [3.05, 3.63) is 11.5 Å². The first-order valence-electron chi connectivity index (χ1n) is 12.7. The van der Waals surface area contributed by atoms with E-state index in [1.807, 2.05) is 0 Å². The maximum absolute atomic E-state index is 12.3. The van der Waals surface area contributed by atoms with Gasteiger partial charge in [-0.2, -0.15) is 15.1 Å². The van der Waals surface area contributed by atoms with E-state index < -0.39 is 63.7 Å². The number of aromatic nitrogens is 4. The molecule has 18 nitrogen and oxygen atoms in total. The zero-order chi connectivity index (χ0) is 29.4. The smallest absolute Gasteiger partial charge is 0.361 e. The fourth-order valence-corrected chi connectivity index (χ4v) is 5.69. The summed E-state index contributed by atoms with van der Waals surface area (Å²) in [6.07, 6.45) is -1.51. The molecule has 4 heterocycles. The van der Waals surface area contributed by atoms with Crippen molar-refractivity contribution in [1.82, 2.24) is 25.2 Å². The Hall–Kier alpha value is -2.06. The van der Waals surface area contributed by atoms with E-state index in [0.29, 0.717) is 11.2 Å². The van der Waals surface area contributed by atoms with Crippen LogP contribution >= 0.6 is 19.2 Å². The largest absolute Gasteiger partial charge is 0.393 e. The number of aliphatic hydroxyl groups is 4. The zero-order valence-electron chi connectivity index (χ0n) is 21.5. The lowest BCUT2D eigenvalue weighted by Crippen LogP contribution is -2.45. The topological polar surface area (TPSA) is 255 Å². The summed E-state index contributed by atoms with van der Waals surface area (Å²) in [6.45, 7) is -3.00. The first-order valence-corrected chi connectivity index (χ1v) is 14.7. The van der Waals surface area contributed by atoms with Crippen molar-refractivity contribution in [3.8, 4) is 0 Å². The van der Waals surface area contributed by atoms with Crippen LogP contribution in [0.3, 0.4) is 0 Å². The van der Waals surface area contributed by atoms with Gasteiger partial charge in [-0.25, -0.2) is 20.0 Å². The molecule has 0 radical (unpaired) electrons. The molecule has 41 heavy (non-hydrogen) atoms. The zero-order valence-corrected chi connectivity index (χ0v) is 23.1. The molecule has 20 heteroatoms. The van der Waals surface area contributed by atoms with Gasteiger partial charge in [0.15, 0.2) is 17.7 Å². The lowest BCUT2D eigenvalue weighted by Gasteiger charge is -2.33. The van der Waals surface area contributed by atoms with Crippen LogP contribution in [0.4, 0.5) is 5.82 Å². The minimum absolute atomic E-state index is 0.0347. The van der Waals surface area contributed by atoms with Crippen molar-refractivity contribution >= 4 is 41.9 Å². The molecule has 0 amide bonds. The molecule has 0 bridgehead atoms. The number of nitrogens with zero attached hydrogens (tertiary/aromatic N) is 5. The summed E-state index contributed by atoms with van der Waals surface area (Å²) < 4.78 is 30.0. The Balaban J connectivity index is 1.29. The first-order chi connectivity index (χ1) is 19.5. The van der Waals surface area contributed by atoms with Gasteiger partial charge in [0.2, 0.25) is 10.6 Å². The standard InChI is InChI=1S/C21H31ClN7O11P/c22-19-26-16(24-10-3-1-2-4-10)11-5-23-29(17(11)27-19)18-15(32)14(31)12(39-18)6-38-21(8-30,41(34,35)36)9-37-7-13-25-20(33)40-28-13/h5,10,12,14-15,18,20,30-33H,1-4,6-9H2,(H,25,28)(H,24,26,27)(H2,34,35,36)/t12-,14-,15-,18-,20?,21?/m1/s1. The van der Waals surface area contributed by atoms with E-state index in [1.165, 1.54) is 10.9 Å². The van der Waals surface area contributed by atoms with Crippen LogP contribution in [0, 0.1) is 0 Å². The summed E-state index contributed by atoms with van der Waals surface area (Å²) in [5.41, 5.74) is 2.49. The fourth-order valence-electron chi connectivity index (χ4n) is 4.84. The van der Waals surface area contributed by atoms with Crippen LogP contribution in [0.1, 0.15) is 31.9 Å². The summed E-state index contributed by atoms with van der Waals surface area (Å²) in [5, 5.41) is 46.1. The predicted molar refractivity (Wildman–Crippen MR) is 138 cm³/mol. The lowest BCUT2D eigenvalue weighted by molar-refractivity contribution is -0.127. The molecule has 2 aliphatic heterocycles. The third-order valence-electron chi connectivity index (χ3n) is 7.11. The van der Waals surface area contributed by atoms with Crippen molar-refractivity contribution in [2.75, 3.05) is 31.7 Å². The molecule has 2 unspecified atom stereocenters. The average Bonchev–Trinajstić information content (AvgIpc) is 3.71. The van der Waals surface area contributed by atoms with Crippen LogP contribution in [-0.4, -0.2) is 118 Å². The lowest BCUT2D eigenvalue weighted by atomic mass is 10.1. The summed E-state index contributed by atoms with van der Waals surface area (Å²) in [7, 11) is -5.19. The highest BCUT2D eigenvalue weighted by molar-refractivity contribution is 7.53. The number of aliphatic imine (C=N–C) groups is 1. The molecule has 3 aliphatic rings. The van der Waals surface area contributed by atoms with E-state index in [0.717, 1.165) is 25.7 Å². The van der Waals surface area contributed by atoms with Crippen molar-refractivity contribution in [3.63, 3.8) is 0 Å². The van der Waals surface area contributed by atoms with Gasteiger partial charge in [-0.15, -0.1) is 0 Å². The normalized spacial score (nSPS) is 28.7. The van der Waals surface area contributed by atoms with E-state index in [4.69, 9.17) is 25.8 Å². The highest BCUT2D eigenvalue weighted by Crippen LogP contribution is 2.51. The molecule has 0 spiro atoms. The number of hydrogen-bond donors (Lipinski definition) is 8. The maximum Gasteiger partial charge on any atom is 0.361 e. The predicted octanol–water partition coefficient (Wildman–Crippen LogP) is -1.44. The third-order valence-corrected chi connectivity index (χ3v) is 8.74. The molecule has 1 aliphatic carbocycles. The van der Waals surface area contributed by atoms with Crippen LogP contribution in [0.5, 0.6) is 0 Å². The van der Waals surface area contributed by atoms with Crippen LogP contribution in [0.2, 0.25) is 5.28 Å². The van der Waals surface area contributed by atoms with E-state index in [-0.39, 0.29) is 29.4 Å². The molecule has 8 N–H and O–H groups in total. The SMILES string of the molecule is O=P(O)(O)C(CO)(COCC1=NC(O)ON1)OC[C@H]1O[C@@H](n2ncc3c(NC4CCCC4)nc(Cl)nc32)[C@H](O)[C@@H]1O. The van der Waals surface area contributed by atoms with Crippen LogP contribution < -0.4 is 10.8 Å². The number of hydrogen-bond acceptors (Lipinski definition) is 15. The van der Waals surface area contributed by atoms with Gasteiger partial charge in [-0.1, -0.05) is 12.8 Å². The Bertz CT molecular complexity index is 1310. The number of ether oxygens (including phenoxy) is 3. The molecule has 6 atom stereocenters. The number of aliphatic hydroxyl groups excluding tert-OH is 4. The molecule has 2 fully saturated rings. The third kappa shape index (κ3) is 6.34. The monoisotopic (exact) mass is 623 g/mol. The quantitative estimate of drug-likeness (QED) is 0.0994. The summed E-state index contributed by atoms with van der Waals surface area (Å²) in [5.74, 6) is 0.507. The Morgan fingerprint density at radius 2 is 1.98 bits per heavy atom. The van der Waals surface area contributed by atoms with Gasteiger partial charge in [-0.05, 0) is 24.4 Å². The summed E-state index contributed by atoms with van der Waals surface area (Å²) in [6, 6.07) is 0.219. The first kappa shape index (κ1) is 30.4. The molecule has 0 aromatic carbocycles. The Morgan fingerprint density at radius 3 is 2.63 bits per heavy atom. The summed E-state index contributed by atoms with van der Waals surface area (Å²) in [4.78, 5) is 36.6. The maximum atomic E-state index is 12.3. The Kier molecular flexibility index (Phi) is 9.10. The molecule has 228 valence electrons. The number of rotatable bonds is 12. The van der Waals surface area contributed by atoms with Crippen LogP contribution in [0.25, 0.3) is 11.0 Å². The average molecular weight is 624 g/mol. The molecular formula is C21H31ClN7O11P. The fraction of sp³-hybridized carbons (Fsp3) is 0.714. The Labute approximate surface area is 237 Å². The van der Waals surface area contributed by atoms with Crippen LogP contribution in [-0.2, 0) is 23.6 Å².